The molecule has 1 aromatic carbocycles. The zero-order valence-corrected chi connectivity index (χ0v) is 16.2. The fourth-order valence-corrected chi connectivity index (χ4v) is 3.97. The Morgan fingerprint density at radius 3 is 2.32 bits per heavy atom. The minimum atomic E-state index is -4.56. The molecule has 6 nitrogen and oxygen atoms in total. The van der Waals surface area contributed by atoms with E-state index in [1.165, 1.54) is 0 Å². The second-order valence-corrected chi connectivity index (χ2v) is 8.26. The fourth-order valence-electron chi connectivity index (χ4n) is 2.96. The van der Waals surface area contributed by atoms with Crippen LogP contribution in [-0.4, -0.2) is 27.7 Å². The van der Waals surface area contributed by atoms with Gasteiger partial charge in [0.15, 0.2) is 0 Å². The summed E-state index contributed by atoms with van der Waals surface area (Å²) in [6, 6.07) is 5.42. The van der Waals surface area contributed by atoms with Gasteiger partial charge in [-0.2, -0.15) is 0 Å². The van der Waals surface area contributed by atoms with Crippen molar-refractivity contribution >= 4 is 13.3 Å². The van der Waals surface area contributed by atoms with Crippen molar-refractivity contribution in [1.82, 2.24) is 0 Å². The molecule has 0 aliphatic rings. The molecule has 0 spiro atoms. The summed E-state index contributed by atoms with van der Waals surface area (Å²) in [6.45, 7) is 5.12. The number of rotatable bonds is 12. The first-order chi connectivity index (χ1) is 11.8. The first kappa shape index (κ1) is 22.1. The van der Waals surface area contributed by atoms with E-state index in [4.69, 9.17) is 5.73 Å². The quantitative estimate of drug-likeness (QED) is 0.218. The number of anilines is 1. The minimum absolute atomic E-state index is 0.443. The van der Waals surface area contributed by atoms with Gasteiger partial charge in [-0.3, -0.25) is 4.57 Å². The van der Waals surface area contributed by atoms with Crippen molar-refractivity contribution in [3.05, 3.63) is 29.3 Å². The number of aliphatic hydroxyl groups excluding tert-OH is 1. The second kappa shape index (κ2) is 10.9. The highest BCUT2D eigenvalue weighted by molar-refractivity contribution is 7.52. The molecule has 0 amide bonds. The van der Waals surface area contributed by atoms with Crippen molar-refractivity contribution in [1.29, 1.82) is 0 Å². The maximum atomic E-state index is 11.8. The van der Waals surface area contributed by atoms with E-state index < -0.39 is 19.5 Å². The van der Waals surface area contributed by atoms with E-state index in [2.05, 4.69) is 19.2 Å². The maximum Gasteiger partial charge on any atom is 0.336 e. The highest BCUT2D eigenvalue weighted by Gasteiger charge is 2.36. The lowest BCUT2D eigenvalue weighted by atomic mass is 9.97. The molecule has 2 unspecified atom stereocenters. The fraction of sp³-hybridized carbons (Fsp3) is 0.667. The van der Waals surface area contributed by atoms with Crippen LogP contribution in [0.1, 0.15) is 69.2 Å². The summed E-state index contributed by atoms with van der Waals surface area (Å²) in [5.41, 5.74) is 6.30. The third kappa shape index (κ3) is 7.47. The van der Waals surface area contributed by atoms with Gasteiger partial charge in [-0.15, -0.1) is 0 Å². The van der Waals surface area contributed by atoms with Gasteiger partial charge in [0.05, 0.1) is 0 Å². The number of hydrogen-bond acceptors (Lipinski definition) is 4. The van der Waals surface area contributed by atoms with E-state index in [0.717, 1.165) is 56.3 Å². The molecule has 144 valence electrons. The topological polar surface area (TPSA) is 116 Å². The van der Waals surface area contributed by atoms with Crippen molar-refractivity contribution in [2.45, 2.75) is 70.7 Å². The largest absolute Gasteiger partial charge is 0.385 e. The molecular formula is C18H33N2O4P. The van der Waals surface area contributed by atoms with Crippen molar-refractivity contribution < 1.29 is 19.5 Å². The molecule has 0 bridgehead atoms. The SMILES string of the molecule is CCCCCNc1ccc(C(C(N)O)P(=O)(O)O)c(CCCCC)c1. The van der Waals surface area contributed by atoms with Gasteiger partial charge in [0.1, 0.15) is 11.9 Å². The number of benzene rings is 1. The van der Waals surface area contributed by atoms with E-state index in [9.17, 15) is 19.5 Å². The van der Waals surface area contributed by atoms with Gasteiger partial charge in [-0.05, 0) is 42.5 Å². The standard InChI is InChI=1S/C18H33N2O4P/c1-3-5-7-9-14-13-15(20-12-8-6-4-2)10-11-16(14)17(18(19)21)25(22,23)24/h10-11,13,17-18,20-21H,3-9,12,19H2,1-2H3,(H2,22,23,24). The molecule has 0 fully saturated rings. The van der Waals surface area contributed by atoms with Crippen LogP contribution >= 0.6 is 7.60 Å². The molecule has 6 N–H and O–H groups in total. The number of unbranched alkanes of at least 4 members (excludes halogenated alkanes) is 4. The van der Waals surface area contributed by atoms with Gasteiger partial charge in [0, 0.05) is 12.2 Å². The number of hydrogen-bond donors (Lipinski definition) is 5. The lowest BCUT2D eigenvalue weighted by Gasteiger charge is -2.24. The summed E-state index contributed by atoms with van der Waals surface area (Å²) in [5.74, 6) is 0. The molecule has 1 aromatic rings. The van der Waals surface area contributed by atoms with E-state index in [-0.39, 0.29) is 0 Å². The van der Waals surface area contributed by atoms with Crippen molar-refractivity contribution in [2.75, 3.05) is 11.9 Å². The average Bonchev–Trinajstić information content (AvgIpc) is 2.52. The predicted molar refractivity (Wildman–Crippen MR) is 103 cm³/mol. The Bertz CT molecular complexity index is 560. The highest BCUT2D eigenvalue weighted by atomic mass is 31.2. The summed E-state index contributed by atoms with van der Waals surface area (Å²) in [7, 11) is -4.56. The lowest BCUT2D eigenvalue weighted by Crippen LogP contribution is -2.28. The molecule has 2 atom stereocenters. The molecule has 0 radical (unpaired) electrons. The van der Waals surface area contributed by atoms with Crippen LogP contribution < -0.4 is 11.1 Å². The Hall–Kier alpha value is -0.910. The summed E-state index contributed by atoms with van der Waals surface area (Å²) in [6.07, 6.45) is 5.53. The van der Waals surface area contributed by atoms with Crippen LogP contribution in [0, 0.1) is 0 Å². The van der Waals surface area contributed by atoms with Crippen molar-refractivity contribution in [2.24, 2.45) is 5.73 Å². The van der Waals surface area contributed by atoms with Crippen LogP contribution in [0.4, 0.5) is 5.69 Å². The Labute approximate surface area is 151 Å². The molecule has 0 aliphatic heterocycles. The third-order valence-electron chi connectivity index (χ3n) is 4.31. The Morgan fingerprint density at radius 2 is 1.76 bits per heavy atom. The van der Waals surface area contributed by atoms with Crippen LogP contribution in [0.2, 0.25) is 0 Å². The van der Waals surface area contributed by atoms with Crippen LogP contribution in [0.5, 0.6) is 0 Å². The number of aryl methyl sites for hydroxylation is 1. The molecule has 7 heteroatoms. The molecule has 0 aliphatic carbocycles. The first-order valence-electron chi connectivity index (χ1n) is 9.16. The van der Waals surface area contributed by atoms with E-state index in [0.29, 0.717) is 12.0 Å². The van der Waals surface area contributed by atoms with E-state index in [1.807, 2.05) is 6.07 Å². The zero-order valence-electron chi connectivity index (χ0n) is 15.3. The molecule has 0 aromatic heterocycles. The Morgan fingerprint density at radius 1 is 1.12 bits per heavy atom. The summed E-state index contributed by atoms with van der Waals surface area (Å²) < 4.78 is 11.8. The third-order valence-corrected chi connectivity index (χ3v) is 5.61. The van der Waals surface area contributed by atoms with Gasteiger partial charge >= 0.3 is 7.60 Å². The highest BCUT2D eigenvalue weighted by Crippen LogP contribution is 2.53. The average molecular weight is 372 g/mol. The van der Waals surface area contributed by atoms with Gasteiger partial charge < -0.3 is 25.9 Å². The molecule has 0 saturated carbocycles. The van der Waals surface area contributed by atoms with Gasteiger partial charge in [-0.1, -0.05) is 45.6 Å². The van der Waals surface area contributed by atoms with Crippen LogP contribution in [0.25, 0.3) is 0 Å². The number of aliphatic hydroxyl groups is 1. The molecule has 25 heavy (non-hydrogen) atoms. The van der Waals surface area contributed by atoms with Gasteiger partial charge in [0.2, 0.25) is 0 Å². The minimum Gasteiger partial charge on any atom is -0.385 e. The normalized spacial score (nSPS) is 14.3. The van der Waals surface area contributed by atoms with E-state index in [1.54, 1.807) is 12.1 Å². The molecule has 0 saturated heterocycles. The van der Waals surface area contributed by atoms with E-state index >= 15 is 0 Å². The lowest BCUT2D eigenvalue weighted by molar-refractivity contribution is 0.163. The number of nitrogens with one attached hydrogen (secondary N) is 1. The summed E-state index contributed by atoms with van der Waals surface area (Å²) in [4.78, 5) is 19.2. The van der Waals surface area contributed by atoms with Gasteiger partial charge in [-0.25, -0.2) is 0 Å². The maximum absolute atomic E-state index is 11.8. The zero-order chi connectivity index (χ0) is 18.9. The molecule has 0 heterocycles. The summed E-state index contributed by atoms with van der Waals surface area (Å²) >= 11 is 0. The smallest absolute Gasteiger partial charge is 0.336 e. The van der Waals surface area contributed by atoms with Crippen molar-refractivity contribution in [3.8, 4) is 0 Å². The first-order valence-corrected chi connectivity index (χ1v) is 10.8. The Kier molecular flexibility index (Phi) is 9.69. The van der Waals surface area contributed by atoms with Crippen molar-refractivity contribution in [3.63, 3.8) is 0 Å². The summed E-state index contributed by atoms with van der Waals surface area (Å²) in [5, 5.41) is 13.1. The predicted octanol–water partition coefficient (Wildman–Crippen LogP) is 3.52. The second-order valence-electron chi connectivity index (χ2n) is 6.53. The molecule has 1 rings (SSSR count). The monoisotopic (exact) mass is 372 g/mol. The van der Waals surface area contributed by atoms with Crippen LogP contribution in [0.3, 0.4) is 0 Å². The van der Waals surface area contributed by atoms with Crippen LogP contribution in [0.15, 0.2) is 18.2 Å². The van der Waals surface area contributed by atoms with Crippen LogP contribution in [-0.2, 0) is 11.0 Å². The molecular weight excluding hydrogens is 339 g/mol. The Balaban J connectivity index is 3.06. The van der Waals surface area contributed by atoms with Gasteiger partial charge in [0.25, 0.3) is 0 Å². The number of nitrogens with two attached hydrogens (primary N) is 1.